The molecule has 0 aliphatic carbocycles. The second-order valence-corrected chi connectivity index (χ2v) is 8.20. The van der Waals surface area contributed by atoms with Crippen LogP contribution in [0.25, 0.3) is 10.9 Å². The summed E-state index contributed by atoms with van der Waals surface area (Å²) in [6, 6.07) is 15.1. The van der Waals surface area contributed by atoms with Gasteiger partial charge in [-0.25, -0.2) is 8.42 Å². The second-order valence-electron chi connectivity index (χ2n) is 6.52. The van der Waals surface area contributed by atoms with Crippen LogP contribution in [0.1, 0.15) is 5.56 Å². The van der Waals surface area contributed by atoms with Crippen molar-refractivity contribution >= 4 is 26.7 Å². The molecule has 2 heterocycles. The molecular formula is C20H15F3N4O3S. The Morgan fingerprint density at radius 3 is 2.61 bits per heavy atom. The summed E-state index contributed by atoms with van der Waals surface area (Å²) in [6.45, 7) is 0.352. The van der Waals surface area contributed by atoms with Crippen molar-refractivity contribution < 1.29 is 26.3 Å². The Kier molecular flexibility index (Phi) is 5.27. The average Bonchev–Trinajstić information content (AvgIpc) is 3.13. The molecule has 7 nitrogen and oxygen atoms in total. The van der Waals surface area contributed by atoms with Crippen LogP contribution in [0.2, 0.25) is 0 Å². The van der Waals surface area contributed by atoms with Crippen LogP contribution >= 0.6 is 0 Å². The molecule has 0 amide bonds. The standard InChI is InChI=1S/C20H15F3N4O3S/c21-20(22,23)30-16-7-2-8-17(12-16)31(28,29)26-18-9-11-27(25-18)13-15-5-1-4-14-6-3-10-24-19(14)15/h1-12H,13H2,(H,25,26). The number of nitrogens with one attached hydrogen (secondary N) is 1. The second kappa shape index (κ2) is 7.91. The molecule has 2 aromatic carbocycles. The van der Waals surface area contributed by atoms with Gasteiger partial charge in [0, 0.05) is 29.9 Å². The van der Waals surface area contributed by atoms with Crippen LogP contribution in [0, 0.1) is 0 Å². The van der Waals surface area contributed by atoms with E-state index in [1.165, 1.54) is 10.7 Å². The van der Waals surface area contributed by atoms with Crippen molar-refractivity contribution in [1.82, 2.24) is 14.8 Å². The van der Waals surface area contributed by atoms with E-state index in [0.717, 1.165) is 40.7 Å². The summed E-state index contributed by atoms with van der Waals surface area (Å²) in [5.74, 6) is -0.611. The zero-order chi connectivity index (χ0) is 22.1. The van der Waals surface area contributed by atoms with Crippen LogP contribution in [0.4, 0.5) is 19.0 Å². The topological polar surface area (TPSA) is 86.1 Å². The van der Waals surface area contributed by atoms with Crippen molar-refractivity contribution in [3.63, 3.8) is 0 Å². The maximum Gasteiger partial charge on any atom is 0.573 e. The van der Waals surface area contributed by atoms with Gasteiger partial charge >= 0.3 is 6.36 Å². The van der Waals surface area contributed by atoms with E-state index in [4.69, 9.17) is 0 Å². The van der Waals surface area contributed by atoms with Crippen molar-refractivity contribution in [2.75, 3.05) is 4.72 Å². The Morgan fingerprint density at radius 1 is 1.03 bits per heavy atom. The number of ether oxygens (including phenoxy) is 1. The lowest BCUT2D eigenvalue weighted by Gasteiger charge is -2.10. The van der Waals surface area contributed by atoms with E-state index in [2.05, 4.69) is 19.5 Å². The molecule has 0 saturated carbocycles. The third-order valence-corrected chi connectivity index (χ3v) is 5.63. The van der Waals surface area contributed by atoms with Crippen LogP contribution < -0.4 is 9.46 Å². The van der Waals surface area contributed by atoms with Gasteiger partial charge in [0.1, 0.15) is 5.75 Å². The Bertz CT molecular complexity index is 1330. The first-order chi connectivity index (χ1) is 14.7. The van der Waals surface area contributed by atoms with Crippen molar-refractivity contribution in [2.24, 2.45) is 0 Å². The fourth-order valence-electron chi connectivity index (χ4n) is 3.01. The van der Waals surface area contributed by atoms with Crippen LogP contribution in [0.3, 0.4) is 0 Å². The predicted octanol–water partition coefficient (Wildman–Crippen LogP) is 4.18. The van der Waals surface area contributed by atoms with E-state index in [-0.39, 0.29) is 10.7 Å². The number of benzene rings is 2. The van der Waals surface area contributed by atoms with Crippen molar-refractivity contribution in [2.45, 2.75) is 17.8 Å². The summed E-state index contributed by atoms with van der Waals surface area (Å²) in [4.78, 5) is 3.99. The molecule has 160 valence electrons. The van der Waals surface area contributed by atoms with E-state index >= 15 is 0 Å². The lowest BCUT2D eigenvalue weighted by Crippen LogP contribution is -2.18. The Labute approximate surface area is 175 Å². The Hall–Kier alpha value is -3.60. The highest BCUT2D eigenvalue weighted by molar-refractivity contribution is 7.92. The van der Waals surface area contributed by atoms with Gasteiger partial charge in [-0.3, -0.25) is 14.4 Å². The normalized spacial score (nSPS) is 12.1. The van der Waals surface area contributed by atoms with Gasteiger partial charge in [0.15, 0.2) is 5.82 Å². The predicted molar refractivity (Wildman–Crippen MR) is 107 cm³/mol. The van der Waals surface area contributed by atoms with Crippen molar-refractivity contribution in [1.29, 1.82) is 0 Å². The number of anilines is 1. The molecule has 1 N–H and O–H groups in total. The number of halogens is 3. The number of rotatable bonds is 6. The molecule has 4 aromatic rings. The number of alkyl halides is 3. The highest BCUT2D eigenvalue weighted by Crippen LogP contribution is 2.26. The minimum Gasteiger partial charge on any atom is -0.406 e. The van der Waals surface area contributed by atoms with Gasteiger partial charge in [0.2, 0.25) is 0 Å². The number of pyridine rings is 1. The van der Waals surface area contributed by atoms with Gasteiger partial charge < -0.3 is 4.74 Å². The quantitative estimate of drug-likeness (QED) is 0.478. The fraction of sp³-hybridized carbons (Fsp3) is 0.100. The summed E-state index contributed by atoms with van der Waals surface area (Å²) < 4.78 is 69.8. The third kappa shape index (κ3) is 4.94. The molecule has 0 aliphatic rings. The van der Waals surface area contributed by atoms with Gasteiger partial charge in [-0.05, 0) is 23.8 Å². The fourth-order valence-corrected chi connectivity index (χ4v) is 4.04. The van der Waals surface area contributed by atoms with E-state index in [9.17, 15) is 21.6 Å². The van der Waals surface area contributed by atoms with Crippen molar-refractivity contribution in [3.8, 4) is 5.75 Å². The molecule has 0 aliphatic heterocycles. The summed E-state index contributed by atoms with van der Waals surface area (Å²) in [5, 5.41) is 5.16. The van der Waals surface area contributed by atoms with Gasteiger partial charge in [0.05, 0.1) is 17.0 Å². The summed E-state index contributed by atoms with van der Waals surface area (Å²) >= 11 is 0. The zero-order valence-electron chi connectivity index (χ0n) is 15.7. The average molecular weight is 448 g/mol. The SMILES string of the molecule is O=S(=O)(Nc1ccn(Cc2cccc3cccnc23)n1)c1cccc(OC(F)(F)F)c1. The maximum atomic E-state index is 12.6. The number of aromatic nitrogens is 3. The van der Waals surface area contributed by atoms with E-state index in [0.29, 0.717) is 6.54 Å². The van der Waals surface area contributed by atoms with E-state index in [1.807, 2.05) is 30.3 Å². The van der Waals surface area contributed by atoms with Gasteiger partial charge in [0.25, 0.3) is 10.0 Å². The van der Waals surface area contributed by atoms with Gasteiger partial charge in [-0.15, -0.1) is 13.2 Å². The largest absolute Gasteiger partial charge is 0.573 e. The third-order valence-electron chi connectivity index (χ3n) is 4.28. The molecule has 0 radical (unpaired) electrons. The number of hydrogen-bond donors (Lipinski definition) is 1. The van der Waals surface area contributed by atoms with Crippen LogP contribution in [-0.4, -0.2) is 29.5 Å². The molecule has 4 rings (SSSR count). The first-order valence-corrected chi connectivity index (χ1v) is 10.4. The maximum absolute atomic E-state index is 12.6. The lowest BCUT2D eigenvalue weighted by molar-refractivity contribution is -0.274. The number of hydrogen-bond acceptors (Lipinski definition) is 5. The molecule has 2 aromatic heterocycles. The first kappa shape index (κ1) is 20.7. The number of nitrogens with zero attached hydrogens (tertiary/aromatic N) is 3. The van der Waals surface area contributed by atoms with Gasteiger partial charge in [-0.1, -0.05) is 30.3 Å². The van der Waals surface area contributed by atoms with Crippen LogP contribution in [-0.2, 0) is 16.6 Å². The molecule has 0 atom stereocenters. The first-order valence-electron chi connectivity index (χ1n) is 8.94. The molecule has 0 spiro atoms. The molecule has 0 bridgehead atoms. The summed E-state index contributed by atoms with van der Waals surface area (Å²) in [7, 11) is -4.17. The van der Waals surface area contributed by atoms with Crippen LogP contribution in [0.15, 0.2) is 78.0 Å². The zero-order valence-corrected chi connectivity index (χ0v) is 16.6. The highest BCUT2D eigenvalue weighted by atomic mass is 32.2. The highest BCUT2D eigenvalue weighted by Gasteiger charge is 2.31. The molecule has 11 heteroatoms. The van der Waals surface area contributed by atoms with E-state index in [1.54, 1.807) is 12.4 Å². The monoisotopic (exact) mass is 448 g/mol. The summed E-state index contributed by atoms with van der Waals surface area (Å²) in [6.07, 6.45) is -1.65. The lowest BCUT2D eigenvalue weighted by atomic mass is 10.1. The molecule has 0 fully saturated rings. The number of sulfonamides is 1. The van der Waals surface area contributed by atoms with Crippen molar-refractivity contribution in [3.05, 3.63) is 78.6 Å². The number of para-hydroxylation sites is 1. The smallest absolute Gasteiger partial charge is 0.406 e. The Balaban J connectivity index is 1.53. The summed E-state index contributed by atoms with van der Waals surface area (Å²) in [5.41, 5.74) is 1.71. The molecule has 0 unspecified atom stereocenters. The van der Waals surface area contributed by atoms with Gasteiger partial charge in [-0.2, -0.15) is 5.10 Å². The van der Waals surface area contributed by atoms with E-state index < -0.39 is 22.1 Å². The molecule has 0 saturated heterocycles. The molecular weight excluding hydrogens is 433 g/mol. The van der Waals surface area contributed by atoms with Crippen LogP contribution in [0.5, 0.6) is 5.75 Å². The Morgan fingerprint density at radius 2 is 1.81 bits per heavy atom. The minimum atomic E-state index is -4.93. The minimum absolute atomic E-state index is 0.0235. The molecule has 31 heavy (non-hydrogen) atoms. The number of fused-ring (bicyclic) bond motifs is 1.